The summed E-state index contributed by atoms with van der Waals surface area (Å²) in [5.74, 6) is 0. The van der Waals surface area contributed by atoms with Crippen LogP contribution in [-0.4, -0.2) is 25.9 Å². The molecule has 0 radical (unpaired) electrons. The minimum atomic E-state index is -0.0303. The van der Waals surface area contributed by atoms with Crippen LogP contribution in [0.4, 0.5) is 0 Å². The number of hydrogen-bond donors (Lipinski definition) is 1. The molecule has 2 N–H and O–H groups in total. The summed E-state index contributed by atoms with van der Waals surface area (Å²) in [5.41, 5.74) is 6.15. The normalized spacial score (nSPS) is 21.0. The van der Waals surface area contributed by atoms with Gasteiger partial charge in [0.1, 0.15) is 0 Å². The second-order valence-electron chi connectivity index (χ2n) is 7.91. The van der Waals surface area contributed by atoms with Crippen molar-refractivity contribution in [3.8, 4) is 0 Å². The quantitative estimate of drug-likeness (QED) is 0.199. The van der Waals surface area contributed by atoms with Crippen LogP contribution in [0.25, 0.3) is 0 Å². The van der Waals surface area contributed by atoms with Crippen LogP contribution in [0.5, 0.6) is 0 Å². The zero-order valence-corrected chi connectivity index (χ0v) is 17.6. The predicted molar refractivity (Wildman–Crippen MR) is 114 cm³/mol. The molecule has 1 heterocycles. The fourth-order valence-corrected chi connectivity index (χ4v) is 3.53. The van der Waals surface area contributed by atoms with E-state index in [4.69, 9.17) is 15.0 Å². The Morgan fingerprint density at radius 2 is 1.46 bits per heavy atom. The molecule has 4 heteroatoms. The van der Waals surface area contributed by atoms with E-state index in [2.05, 4.69) is 26.0 Å². The van der Waals surface area contributed by atoms with Gasteiger partial charge in [-0.25, -0.2) is 0 Å². The first-order valence-electron chi connectivity index (χ1n) is 11.5. The summed E-state index contributed by atoms with van der Waals surface area (Å²) >= 11 is 0. The molecular formula is C22H44BNO2. The Hall–Kier alpha value is -0.315. The summed E-state index contributed by atoms with van der Waals surface area (Å²) in [4.78, 5) is 0. The summed E-state index contributed by atoms with van der Waals surface area (Å²) < 4.78 is 11.7. The van der Waals surface area contributed by atoms with Crippen molar-refractivity contribution in [2.45, 2.75) is 122 Å². The number of rotatable bonds is 16. The van der Waals surface area contributed by atoms with Crippen LogP contribution in [0.15, 0.2) is 12.2 Å². The highest BCUT2D eigenvalue weighted by molar-refractivity contribution is 6.44. The number of unbranched alkanes of at least 4 members (excludes halogenated alkanes) is 10. The first-order valence-corrected chi connectivity index (χ1v) is 11.5. The average molecular weight is 365 g/mol. The van der Waals surface area contributed by atoms with Crippen molar-refractivity contribution in [3.05, 3.63) is 12.2 Å². The van der Waals surface area contributed by atoms with Crippen molar-refractivity contribution >= 4 is 7.12 Å². The monoisotopic (exact) mass is 365 g/mol. The van der Waals surface area contributed by atoms with Crippen molar-refractivity contribution in [2.24, 2.45) is 5.73 Å². The molecule has 1 fully saturated rings. The van der Waals surface area contributed by atoms with Gasteiger partial charge in [-0.1, -0.05) is 83.8 Å². The van der Waals surface area contributed by atoms with Crippen LogP contribution in [0, 0.1) is 0 Å². The minimum Gasteiger partial charge on any atom is -0.409 e. The lowest BCUT2D eigenvalue weighted by molar-refractivity contribution is 0.0415. The molecule has 0 aliphatic carbocycles. The van der Waals surface area contributed by atoms with E-state index in [1.807, 2.05) is 0 Å². The van der Waals surface area contributed by atoms with Gasteiger partial charge in [0.2, 0.25) is 0 Å². The van der Waals surface area contributed by atoms with Gasteiger partial charge in [0.25, 0.3) is 0 Å². The molecule has 1 aliphatic heterocycles. The second-order valence-corrected chi connectivity index (χ2v) is 7.91. The van der Waals surface area contributed by atoms with E-state index in [0.717, 1.165) is 32.0 Å². The van der Waals surface area contributed by atoms with Gasteiger partial charge < -0.3 is 15.0 Å². The SMILES string of the molecule is CCCCCCCCCC/C=C/CCCC1OB(CCCC)OCC1N. The van der Waals surface area contributed by atoms with Crippen molar-refractivity contribution in [1.82, 2.24) is 0 Å². The first-order chi connectivity index (χ1) is 12.8. The molecule has 0 aromatic rings. The zero-order valence-electron chi connectivity index (χ0n) is 17.6. The molecule has 0 aromatic heterocycles. The number of hydrogen-bond acceptors (Lipinski definition) is 3. The van der Waals surface area contributed by atoms with E-state index < -0.39 is 0 Å². The molecule has 1 saturated heterocycles. The highest BCUT2D eigenvalue weighted by Gasteiger charge is 2.32. The van der Waals surface area contributed by atoms with E-state index in [0.29, 0.717) is 6.61 Å². The van der Waals surface area contributed by atoms with Crippen LogP contribution in [0.2, 0.25) is 6.32 Å². The molecular weight excluding hydrogens is 321 g/mol. The van der Waals surface area contributed by atoms with Crippen molar-refractivity contribution in [3.63, 3.8) is 0 Å². The summed E-state index contributed by atoms with van der Waals surface area (Å²) in [6.45, 7) is 5.13. The van der Waals surface area contributed by atoms with Crippen LogP contribution >= 0.6 is 0 Å². The second kappa shape index (κ2) is 16.8. The van der Waals surface area contributed by atoms with Crippen LogP contribution < -0.4 is 5.73 Å². The highest BCUT2D eigenvalue weighted by atomic mass is 16.6. The maximum atomic E-state index is 6.15. The molecule has 3 nitrogen and oxygen atoms in total. The number of nitrogens with two attached hydrogens (primary N) is 1. The standard InChI is InChI=1S/C22H44BNO2/c1-3-5-7-8-9-10-11-12-13-14-15-16-17-18-22-21(24)20-25-23(26-22)19-6-4-2/h14-15,21-22H,3-13,16-20,24H2,1-2H3/b15-14+. The summed E-state index contributed by atoms with van der Waals surface area (Å²) in [6.07, 6.45) is 24.0. The van der Waals surface area contributed by atoms with Gasteiger partial charge >= 0.3 is 7.12 Å². The smallest absolute Gasteiger partial charge is 0.409 e. The maximum Gasteiger partial charge on any atom is 0.457 e. The zero-order chi connectivity index (χ0) is 18.9. The lowest BCUT2D eigenvalue weighted by Gasteiger charge is -2.33. The summed E-state index contributed by atoms with van der Waals surface area (Å²) in [5, 5.41) is 0. The van der Waals surface area contributed by atoms with E-state index in [1.165, 1.54) is 64.2 Å². The fourth-order valence-electron chi connectivity index (χ4n) is 3.53. The Kier molecular flexibility index (Phi) is 15.4. The van der Waals surface area contributed by atoms with E-state index >= 15 is 0 Å². The number of allylic oxidation sites excluding steroid dienone is 2. The lowest BCUT2D eigenvalue weighted by atomic mass is 9.79. The fraction of sp³-hybridized carbons (Fsp3) is 0.909. The van der Waals surface area contributed by atoms with Crippen molar-refractivity contribution in [2.75, 3.05) is 6.61 Å². The first kappa shape index (κ1) is 23.7. The van der Waals surface area contributed by atoms with Gasteiger partial charge in [-0.2, -0.15) is 0 Å². The van der Waals surface area contributed by atoms with Gasteiger partial charge in [0.15, 0.2) is 0 Å². The average Bonchev–Trinajstić information content (AvgIpc) is 2.65. The topological polar surface area (TPSA) is 44.5 Å². The molecule has 152 valence electrons. The van der Waals surface area contributed by atoms with Gasteiger partial charge in [-0.3, -0.25) is 0 Å². The van der Waals surface area contributed by atoms with Gasteiger partial charge in [0.05, 0.1) is 12.1 Å². The third kappa shape index (κ3) is 12.1. The molecule has 0 bridgehead atoms. The summed E-state index contributed by atoms with van der Waals surface area (Å²) in [6, 6.07) is 0.0363. The molecule has 1 aliphatic rings. The van der Waals surface area contributed by atoms with Crippen molar-refractivity contribution < 1.29 is 9.31 Å². The Morgan fingerprint density at radius 3 is 2.15 bits per heavy atom. The molecule has 0 saturated carbocycles. The third-order valence-corrected chi connectivity index (χ3v) is 5.32. The molecule has 0 amide bonds. The Balaban J connectivity index is 1.95. The van der Waals surface area contributed by atoms with E-state index in [9.17, 15) is 0 Å². The van der Waals surface area contributed by atoms with Crippen LogP contribution in [0.1, 0.15) is 104 Å². The molecule has 0 aromatic carbocycles. The van der Waals surface area contributed by atoms with Gasteiger partial charge in [-0.05, 0) is 38.4 Å². The van der Waals surface area contributed by atoms with Crippen LogP contribution in [0.3, 0.4) is 0 Å². The molecule has 26 heavy (non-hydrogen) atoms. The van der Waals surface area contributed by atoms with E-state index in [1.54, 1.807) is 0 Å². The van der Waals surface area contributed by atoms with Crippen molar-refractivity contribution in [1.29, 1.82) is 0 Å². The van der Waals surface area contributed by atoms with Gasteiger partial charge in [0, 0.05) is 6.61 Å². The van der Waals surface area contributed by atoms with Gasteiger partial charge in [-0.15, -0.1) is 0 Å². The molecule has 0 spiro atoms. The largest absolute Gasteiger partial charge is 0.457 e. The Bertz CT molecular complexity index is 336. The third-order valence-electron chi connectivity index (χ3n) is 5.32. The Morgan fingerprint density at radius 1 is 0.846 bits per heavy atom. The Labute approximate surface area is 163 Å². The summed E-state index contributed by atoms with van der Waals surface area (Å²) in [7, 11) is -0.0303. The molecule has 2 unspecified atom stereocenters. The maximum absolute atomic E-state index is 6.15. The molecule has 2 atom stereocenters. The van der Waals surface area contributed by atoms with E-state index in [-0.39, 0.29) is 19.3 Å². The minimum absolute atomic E-state index is 0.0303. The predicted octanol–water partition coefficient (Wildman–Crippen LogP) is 6.27. The highest BCUT2D eigenvalue weighted by Crippen LogP contribution is 2.19. The van der Waals surface area contributed by atoms with Crippen LogP contribution in [-0.2, 0) is 9.31 Å². The lowest BCUT2D eigenvalue weighted by Crippen LogP contribution is -2.50. The molecule has 1 rings (SSSR count).